The minimum Gasteiger partial charge on any atom is -0.340 e. The molecule has 0 radical (unpaired) electrons. The zero-order valence-corrected chi connectivity index (χ0v) is 26.1. The van der Waals surface area contributed by atoms with E-state index in [1.807, 2.05) is 0 Å². The topological polar surface area (TPSA) is 8.17 Å². The van der Waals surface area contributed by atoms with Gasteiger partial charge < -0.3 is 9.47 Å². The molecular weight excluding hydrogens is 556 g/mol. The van der Waals surface area contributed by atoms with E-state index in [1.54, 1.807) is 0 Å². The molecule has 0 saturated heterocycles. The minimum absolute atomic E-state index is 0.137. The summed E-state index contributed by atoms with van der Waals surface area (Å²) in [6.45, 7) is 5.66. The minimum atomic E-state index is 0.137. The Hall–Kier alpha value is -5.60. The molecule has 0 amide bonds. The Kier molecular flexibility index (Phi) is 5.95. The van der Waals surface area contributed by atoms with Crippen LogP contribution in [0.2, 0.25) is 0 Å². The average Bonchev–Trinajstić information content (AvgIpc) is 3.58. The van der Waals surface area contributed by atoms with Gasteiger partial charge in [0.1, 0.15) is 0 Å². The number of hydrogen-bond donors (Lipinski definition) is 0. The van der Waals surface area contributed by atoms with Gasteiger partial charge in [-0.05, 0) is 87.1 Å². The van der Waals surface area contributed by atoms with E-state index in [0.717, 1.165) is 6.54 Å². The first-order valence-corrected chi connectivity index (χ1v) is 16.1. The number of nitrogens with zero attached hydrogens (tertiary/aromatic N) is 2. The smallest absolute Gasteiger partial charge is 0.0547 e. The second kappa shape index (κ2) is 10.2. The summed E-state index contributed by atoms with van der Waals surface area (Å²) in [5.74, 6) is 0. The van der Waals surface area contributed by atoms with E-state index in [1.165, 1.54) is 77.5 Å². The molecule has 9 rings (SSSR count). The van der Waals surface area contributed by atoms with E-state index in [9.17, 15) is 0 Å². The summed E-state index contributed by atoms with van der Waals surface area (Å²) in [5.41, 5.74) is 12.6. The molecule has 0 aliphatic carbocycles. The van der Waals surface area contributed by atoms with E-state index in [0.29, 0.717) is 0 Å². The summed E-state index contributed by atoms with van der Waals surface area (Å²) in [6.07, 6.45) is 0. The van der Waals surface area contributed by atoms with Crippen molar-refractivity contribution in [1.82, 2.24) is 4.57 Å². The number of fused-ring (bicyclic) bond motifs is 5. The van der Waals surface area contributed by atoms with Crippen molar-refractivity contribution in [2.45, 2.75) is 19.3 Å². The lowest BCUT2D eigenvalue weighted by Crippen LogP contribution is -2.24. The van der Waals surface area contributed by atoms with Gasteiger partial charge in [0.05, 0.1) is 11.0 Å². The average molecular weight is 591 g/mol. The van der Waals surface area contributed by atoms with E-state index in [2.05, 4.69) is 181 Å². The number of rotatable bonds is 4. The van der Waals surface area contributed by atoms with Crippen LogP contribution in [0.15, 0.2) is 158 Å². The number of hydrogen-bond acceptors (Lipinski definition) is 1. The molecule has 0 unspecified atom stereocenters. The molecule has 0 saturated carbocycles. The molecule has 1 aliphatic rings. The lowest BCUT2D eigenvalue weighted by atomic mass is 9.87. The Balaban J connectivity index is 1.04. The Labute approximate surface area is 269 Å². The van der Waals surface area contributed by atoms with Gasteiger partial charge in [-0.25, -0.2) is 0 Å². The molecule has 8 aromatic rings. The molecule has 1 aliphatic heterocycles. The summed E-state index contributed by atoms with van der Waals surface area (Å²) in [5, 5.41) is 5.09. The van der Waals surface area contributed by atoms with Crippen LogP contribution in [0.1, 0.15) is 19.4 Å². The highest BCUT2D eigenvalue weighted by atomic mass is 15.2. The van der Waals surface area contributed by atoms with E-state index in [-0.39, 0.29) is 5.41 Å². The first-order chi connectivity index (χ1) is 22.5. The van der Waals surface area contributed by atoms with E-state index < -0.39 is 0 Å². The standard InChI is InChI=1S/C44H34N2/c1-44(2)29-45(42-17-8-6-15-40(42)44)36-24-22-31(23-25-36)30-18-20-32(21-19-30)33-12-9-13-37(26-33)46-41-16-7-5-14-38(41)39-27-34-10-3-4-11-35(34)28-43(39)46/h3-28H,29H2,1-2H3. The zero-order chi connectivity index (χ0) is 30.8. The summed E-state index contributed by atoms with van der Waals surface area (Å²) < 4.78 is 2.41. The molecule has 0 bridgehead atoms. The Morgan fingerprint density at radius 1 is 0.457 bits per heavy atom. The quantitative estimate of drug-likeness (QED) is 0.198. The third kappa shape index (κ3) is 4.25. The molecule has 2 nitrogen and oxygen atoms in total. The molecule has 0 N–H and O–H groups in total. The molecular formula is C44H34N2. The molecule has 0 spiro atoms. The van der Waals surface area contributed by atoms with Crippen molar-refractivity contribution in [3.05, 3.63) is 163 Å². The van der Waals surface area contributed by atoms with Crippen molar-refractivity contribution < 1.29 is 0 Å². The van der Waals surface area contributed by atoms with Crippen LogP contribution in [0.3, 0.4) is 0 Å². The molecule has 7 aromatic carbocycles. The molecule has 0 fully saturated rings. The van der Waals surface area contributed by atoms with Crippen LogP contribution in [0, 0.1) is 0 Å². The van der Waals surface area contributed by atoms with Gasteiger partial charge in [-0.15, -0.1) is 0 Å². The molecule has 0 atom stereocenters. The maximum atomic E-state index is 2.45. The lowest BCUT2D eigenvalue weighted by molar-refractivity contribution is 0.569. The van der Waals surface area contributed by atoms with Crippen LogP contribution in [0.25, 0.3) is 60.5 Å². The first-order valence-electron chi connectivity index (χ1n) is 16.1. The molecule has 220 valence electrons. The SMILES string of the molecule is CC1(C)CN(c2ccc(-c3ccc(-c4cccc(-n5c6ccccc6c6cc7ccccc7cc65)c4)cc3)cc2)c2ccccc21. The van der Waals surface area contributed by atoms with Gasteiger partial charge in [-0.2, -0.15) is 0 Å². The van der Waals surface area contributed by atoms with Crippen LogP contribution < -0.4 is 4.90 Å². The zero-order valence-electron chi connectivity index (χ0n) is 26.1. The second-order valence-corrected chi connectivity index (χ2v) is 13.2. The highest BCUT2D eigenvalue weighted by molar-refractivity contribution is 6.13. The summed E-state index contributed by atoms with van der Waals surface area (Å²) in [4.78, 5) is 2.45. The predicted octanol–water partition coefficient (Wildman–Crippen LogP) is 11.7. The van der Waals surface area contributed by atoms with Gasteiger partial charge in [0.25, 0.3) is 0 Å². The van der Waals surface area contributed by atoms with Crippen molar-refractivity contribution in [2.75, 3.05) is 11.4 Å². The fourth-order valence-electron chi connectivity index (χ4n) is 7.52. The van der Waals surface area contributed by atoms with Crippen molar-refractivity contribution in [1.29, 1.82) is 0 Å². The number of para-hydroxylation sites is 2. The van der Waals surface area contributed by atoms with Gasteiger partial charge >= 0.3 is 0 Å². The van der Waals surface area contributed by atoms with Gasteiger partial charge in [0, 0.05) is 39.8 Å². The van der Waals surface area contributed by atoms with Crippen LogP contribution in [0.4, 0.5) is 11.4 Å². The van der Waals surface area contributed by atoms with Crippen molar-refractivity contribution in [3.63, 3.8) is 0 Å². The Bertz CT molecular complexity index is 2410. The molecule has 2 heteroatoms. The van der Waals surface area contributed by atoms with Gasteiger partial charge in [0.15, 0.2) is 0 Å². The van der Waals surface area contributed by atoms with Gasteiger partial charge in [0.2, 0.25) is 0 Å². The molecule has 2 heterocycles. The number of benzene rings is 7. The predicted molar refractivity (Wildman–Crippen MR) is 196 cm³/mol. The third-order valence-electron chi connectivity index (χ3n) is 9.85. The van der Waals surface area contributed by atoms with Crippen molar-refractivity contribution >= 4 is 44.0 Å². The maximum Gasteiger partial charge on any atom is 0.0547 e. The van der Waals surface area contributed by atoms with Gasteiger partial charge in [-0.1, -0.05) is 123 Å². The van der Waals surface area contributed by atoms with Crippen molar-refractivity contribution in [3.8, 4) is 27.9 Å². The fraction of sp³-hybridized carbons (Fsp3) is 0.0909. The highest BCUT2D eigenvalue weighted by Crippen LogP contribution is 2.44. The van der Waals surface area contributed by atoms with E-state index >= 15 is 0 Å². The summed E-state index contributed by atoms with van der Waals surface area (Å²) >= 11 is 0. The third-order valence-corrected chi connectivity index (χ3v) is 9.85. The van der Waals surface area contributed by atoms with Gasteiger partial charge in [-0.3, -0.25) is 0 Å². The maximum absolute atomic E-state index is 2.45. The largest absolute Gasteiger partial charge is 0.340 e. The van der Waals surface area contributed by atoms with Crippen LogP contribution in [-0.4, -0.2) is 11.1 Å². The Morgan fingerprint density at radius 3 is 1.87 bits per heavy atom. The monoisotopic (exact) mass is 590 g/mol. The summed E-state index contributed by atoms with van der Waals surface area (Å²) in [6, 6.07) is 57.8. The first kappa shape index (κ1) is 26.8. The summed E-state index contributed by atoms with van der Waals surface area (Å²) in [7, 11) is 0. The second-order valence-electron chi connectivity index (χ2n) is 13.2. The number of anilines is 2. The van der Waals surface area contributed by atoms with Crippen LogP contribution in [0.5, 0.6) is 0 Å². The van der Waals surface area contributed by atoms with E-state index in [4.69, 9.17) is 0 Å². The molecule has 46 heavy (non-hydrogen) atoms. The van der Waals surface area contributed by atoms with Crippen molar-refractivity contribution in [2.24, 2.45) is 0 Å². The Morgan fingerprint density at radius 2 is 1.09 bits per heavy atom. The van der Waals surface area contributed by atoms with Crippen LogP contribution >= 0.6 is 0 Å². The number of aromatic nitrogens is 1. The van der Waals surface area contributed by atoms with Crippen LogP contribution in [-0.2, 0) is 5.41 Å². The highest BCUT2D eigenvalue weighted by Gasteiger charge is 2.35. The normalized spacial score (nSPS) is 13.9. The molecule has 1 aromatic heterocycles. The fourth-order valence-corrected chi connectivity index (χ4v) is 7.52. The lowest BCUT2D eigenvalue weighted by Gasteiger charge is -2.23.